The van der Waals surface area contributed by atoms with E-state index in [1.165, 1.54) is 35.4 Å². The summed E-state index contributed by atoms with van der Waals surface area (Å²) < 4.78 is 0. The zero-order valence-corrected chi connectivity index (χ0v) is 12.6. The number of nitrogens with zero attached hydrogens (tertiary/aromatic N) is 2. The number of hydrogen-bond acceptors (Lipinski definition) is 2. The molecular formula is C16H28N2. The first kappa shape index (κ1) is 15.1. The maximum atomic E-state index is 4.50. The average molecular weight is 248 g/mol. The van der Waals surface area contributed by atoms with E-state index in [4.69, 9.17) is 0 Å². The molecule has 0 aromatic carbocycles. The van der Waals surface area contributed by atoms with Crippen LogP contribution in [0.25, 0.3) is 0 Å². The van der Waals surface area contributed by atoms with Crippen molar-refractivity contribution in [3.8, 4) is 0 Å². The van der Waals surface area contributed by atoms with Crippen molar-refractivity contribution in [3.63, 3.8) is 0 Å². The highest BCUT2D eigenvalue weighted by Gasteiger charge is 2.14. The summed E-state index contributed by atoms with van der Waals surface area (Å²) >= 11 is 0. The molecule has 0 saturated heterocycles. The van der Waals surface area contributed by atoms with Gasteiger partial charge in [0.25, 0.3) is 0 Å². The highest BCUT2D eigenvalue weighted by atomic mass is 15.1. The van der Waals surface area contributed by atoms with Gasteiger partial charge >= 0.3 is 0 Å². The summed E-state index contributed by atoms with van der Waals surface area (Å²) in [5.41, 5.74) is 5.53. The van der Waals surface area contributed by atoms with E-state index < -0.39 is 0 Å². The van der Waals surface area contributed by atoms with Crippen LogP contribution >= 0.6 is 0 Å². The zero-order chi connectivity index (χ0) is 13.4. The molecule has 2 nitrogen and oxygen atoms in total. The van der Waals surface area contributed by atoms with Gasteiger partial charge in [0.2, 0.25) is 0 Å². The molecule has 0 unspecified atom stereocenters. The van der Waals surface area contributed by atoms with Gasteiger partial charge in [0.1, 0.15) is 0 Å². The SMILES string of the molecule is CCCc1nnc(CCC)c(CCC)c1CCC. The molecule has 0 radical (unpaired) electrons. The van der Waals surface area contributed by atoms with Gasteiger partial charge in [-0.2, -0.15) is 10.2 Å². The predicted octanol–water partition coefficient (Wildman–Crippen LogP) is 4.29. The first-order chi connectivity index (χ1) is 8.78. The smallest absolute Gasteiger partial charge is 0.0665 e. The Hall–Kier alpha value is -0.920. The quantitative estimate of drug-likeness (QED) is 0.686. The lowest BCUT2D eigenvalue weighted by Gasteiger charge is -2.16. The van der Waals surface area contributed by atoms with Gasteiger partial charge in [-0.3, -0.25) is 0 Å². The number of aromatic nitrogens is 2. The van der Waals surface area contributed by atoms with Gasteiger partial charge in [-0.15, -0.1) is 0 Å². The van der Waals surface area contributed by atoms with Crippen molar-refractivity contribution in [2.75, 3.05) is 0 Å². The molecule has 1 heterocycles. The van der Waals surface area contributed by atoms with Crippen LogP contribution in [0, 0.1) is 0 Å². The van der Waals surface area contributed by atoms with Crippen LogP contribution in [0.15, 0.2) is 0 Å². The van der Waals surface area contributed by atoms with E-state index in [9.17, 15) is 0 Å². The van der Waals surface area contributed by atoms with Crippen LogP contribution in [-0.4, -0.2) is 10.2 Å². The Kier molecular flexibility index (Phi) is 6.92. The molecule has 1 rings (SSSR count). The second-order valence-corrected chi connectivity index (χ2v) is 5.05. The zero-order valence-electron chi connectivity index (χ0n) is 12.6. The highest BCUT2D eigenvalue weighted by molar-refractivity contribution is 5.34. The number of hydrogen-bond donors (Lipinski definition) is 0. The van der Waals surface area contributed by atoms with Crippen LogP contribution < -0.4 is 0 Å². The molecule has 1 aromatic heterocycles. The Morgan fingerprint density at radius 2 is 0.889 bits per heavy atom. The number of rotatable bonds is 8. The van der Waals surface area contributed by atoms with Gasteiger partial charge < -0.3 is 0 Å². The third-order valence-electron chi connectivity index (χ3n) is 3.33. The van der Waals surface area contributed by atoms with Gasteiger partial charge in [-0.1, -0.05) is 53.4 Å². The lowest BCUT2D eigenvalue weighted by molar-refractivity contribution is 0.722. The van der Waals surface area contributed by atoms with Crippen molar-refractivity contribution in [3.05, 3.63) is 22.5 Å². The van der Waals surface area contributed by atoms with Crippen LogP contribution in [-0.2, 0) is 25.7 Å². The maximum absolute atomic E-state index is 4.50. The molecule has 1 aromatic rings. The summed E-state index contributed by atoms with van der Waals surface area (Å²) in [6.07, 6.45) is 9.19. The summed E-state index contributed by atoms with van der Waals surface area (Å²) in [5, 5.41) is 9.00. The molecule has 0 aliphatic heterocycles. The molecule has 0 bridgehead atoms. The molecule has 2 heteroatoms. The Morgan fingerprint density at radius 1 is 0.556 bits per heavy atom. The third-order valence-corrected chi connectivity index (χ3v) is 3.33. The van der Waals surface area contributed by atoms with Gasteiger partial charge in [-0.25, -0.2) is 0 Å². The first-order valence-corrected chi connectivity index (χ1v) is 7.64. The van der Waals surface area contributed by atoms with Crippen LogP contribution in [0.3, 0.4) is 0 Å². The Bertz CT molecular complexity index is 323. The second-order valence-electron chi connectivity index (χ2n) is 5.05. The highest BCUT2D eigenvalue weighted by Crippen LogP contribution is 2.21. The van der Waals surface area contributed by atoms with Crippen molar-refractivity contribution in [2.24, 2.45) is 0 Å². The lowest BCUT2D eigenvalue weighted by atomic mass is 9.94. The fraction of sp³-hybridized carbons (Fsp3) is 0.750. The van der Waals surface area contributed by atoms with E-state index in [2.05, 4.69) is 37.9 Å². The van der Waals surface area contributed by atoms with E-state index in [-0.39, 0.29) is 0 Å². The summed E-state index contributed by atoms with van der Waals surface area (Å²) in [5.74, 6) is 0. The van der Waals surface area contributed by atoms with Crippen molar-refractivity contribution in [1.82, 2.24) is 10.2 Å². The maximum Gasteiger partial charge on any atom is 0.0665 e. The average Bonchev–Trinajstić information content (AvgIpc) is 2.37. The minimum atomic E-state index is 1.07. The van der Waals surface area contributed by atoms with Gasteiger partial charge in [0, 0.05) is 0 Å². The molecule has 0 saturated carbocycles. The molecule has 0 atom stereocenters. The Labute approximate surface area is 112 Å². The molecular weight excluding hydrogens is 220 g/mol. The van der Waals surface area contributed by atoms with Crippen molar-refractivity contribution in [1.29, 1.82) is 0 Å². The predicted molar refractivity (Wildman–Crippen MR) is 78.0 cm³/mol. The largest absolute Gasteiger partial charge is 0.155 e. The topological polar surface area (TPSA) is 25.8 Å². The van der Waals surface area contributed by atoms with E-state index in [0.29, 0.717) is 0 Å². The third kappa shape index (κ3) is 3.79. The summed E-state index contributed by atoms with van der Waals surface area (Å²) in [6, 6.07) is 0. The van der Waals surface area contributed by atoms with E-state index in [0.717, 1.165) is 38.5 Å². The second kappa shape index (κ2) is 8.23. The first-order valence-electron chi connectivity index (χ1n) is 7.64. The minimum absolute atomic E-state index is 1.07. The van der Waals surface area contributed by atoms with Crippen LogP contribution in [0.2, 0.25) is 0 Å². The van der Waals surface area contributed by atoms with Crippen molar-refractivity contribution < 1.29 is 0 Å². The Balaban J connectivity index is 3.19. The minimum Gasteiger partial charge on any atom is -0.155 e. The molecule has 0 amide bonds. The fourth-order valence-corrected chi connectivity index (χ4v) is 2.56. The van der Waals surface area contributed by atoms with Crippen LogP contribution in [0.5, 0.6) is 0 Å². The van der Waals surface area contributed by atoms with Crippen molar-refractivity contribution in [2.45, 2.75) is 79.1 Å². The lowest BCUT2D eigenvalue weighted by Crippen LogP contribution is -2.10. The summed E-state index contributed by atoms with van der Waals surface area (Å²) in [6.45, 7) is 8.95. The van der Waals surface area contributed by atoms with Crippen molar-refractivity contribution >= 4 is 0 Å². The van der Waals surface area contributed by atoms with Crippen LogP contribution in [0.1, 0.15) is 75.9 Å². The summed E-state index contributed by atoms with van der Waals surface area (Å²) in [4.78, 5) is 0. The van der Waals surface area contributed by atoms with E-state index in [1.54, 1.807) is 0 Å². The van der Waals surface area contributed by atoms with E-state index >= 15 is 0 Å². The van der Waals surface area contributed by atoms with Gasteiger partial charge in [0.15, 0.2) is 0 Å². The standard InChI is InChI=1S/C16H28N2/c1-5-9-13-14(10-6-2)16(12-8-4)18-17-15(13)11-7-3/h5-12H2,1-4H3. The van der Waals surface area contributed by atoms with Gasteiger partial charge in [-0.05, 0) is 36.8 Å². The molecule has 0 aliphatic carbocycles. The molecule has 0 N–H and O–H groups in total. The normalized spacial score (nSPS) is 10.9. The molecule has 0 fully saturated rings. The van der Waals surface area contributed by atoms with Crippen LogP contribution in [0.4, 0.5) is 0 Å². The van der Waals surface area contributed by atoms with Gasteiger partial charge in [0.05, 0.1) is 11.4 Å². The summed E-state index contributed by atoms with van der Waals surface area (Å²) in [7, 11) is 0. The fourth-order valence-electron chi connectivity index (χ4n) is 2.56. The van der Waals surface area contributed by atoms with E-state index in [1.807, 2.05) is 0 Å². The number of aryl methyl sites for hydroxylation is 2. The molecule has 18 heavy (non-hydrogen) atoms. The molecule has 102 valence electrons. The monoisotopic (exact) mass is 248 g/mol. The Morgan fingerprint density at radius 3 is 1.17 bits per heavy atom. The molecule has 0 aliphatic rings. The molecule has 0 spiro atoms.